The second-order valence-electron chi connectivity index (χ2n) is 5.19. The number of hydrogen-bond donors (Lipinski definition) is 2. The number of aromatic amines is 1. The zero-order valence-corrected chi connectivity index (χ0v) is 14.7. The first kappa shape index (κ1) is 17.1. The van der Waals surface area contributed by atoms with Crippen molar-refractivity contribution in [3.8, 4) is 0 Å². The molecule has 0 atom stereocenters. The minimum Gasteiger partial charge on any atom is -0.460 e. The monoisotopic (exact) mass is 358 g/mol. The Kier molecular flexibility index (Phi) is 5.39. The van der Waals surface area contributed by atoms with Crippen LogP contribution in [0.1, 0.15) is 28.8 Å². The molecular weight excluding hydrogens is 340 g/mol. The van der Waals surface area contributed by atoms with E-state index in [4.69, 9.17) is 9.15 Å². The molecule has 8 heteroatoms. The number of carbonyl (C=O) groups is 1. The number of ether oxygens (including phenoxy) is 1. The van der Waals surface area contributed by atoms with Gasteiger partial charge in [-0.15, -0.1) is 10.2 Å². The van der Waals surface area contributed by atoms with Crippen LogP contribution in [0.4, 0.5) is 11.6 Å². The van der Waals surface area contributed by atoms with Crippen LogP contribution in [-0.2, 0) is 10.5 Å². The Bertz CT molecular complexity index is 859. The van der Waals surface area contributed by atoms with Crippen LogP contribution in [0.2, 0.25) is 0 Å². The Hall–Kier alpha value is -2.74. The van der Waals surface area contributed by atoms with Gasteiger partial charge in [-0.25, -0.2) is 4.79 Å². The van der Waals surface area contributed by atoms with Crippen LogP contribution in [-0.4, -0.2) is 27.8 Å². The summed E-state index contributed by atoms with van der Waals surface area (Å²) in [6.07, 6.45) is 0. The van der Waals surface area contributed by atoms with Gasteiger partial charge in [-0.2, -0.15) is 0 Å². The highest BCUT2D eigenvalue weighted by Gasteiger charge is 2.13. The molecule has 0 saturated carbocycles. The van der Waals surface area contributed by atoms with Crippen molar-refractivity contribution in [1.29, 1.82) is 0 Å². The number of aryl methyl sites for hydroxylation is 1. The lowest BCUT2D eigenvalue weighted by Gasteiger charge is -2.04. The fraction of sp³-hybridized carbons (Fsp3) is 0.235. The Balaban J connectivity index is 1.57. The molecule has 0 unspecified atom stereocenters. The van der Waals surface area contributed by atoms with E-state index in [-0.39, 0.29) is 5.76 Å². The maximum atomic E-state index is 11.6. The number of aromatic nitrogens is 3. The van der Waals surface area contributed by atoms with E-state index in [1.807, 2.05) is 31.2 Å². The first-order chi connectivity index (χ1) is 12.2. The number of benzene rings is 1. The van der Waals surface area contributed by atoms with E-state index in [1.54, 1.807) is 19.1 Å². The van der Waals surface area contributed by atoms with Gasteiger partial charge < -0.3 is 19.5 Å². The lowest BCUT2D eigenvalue weighted by Crippen LogP contribution is -2.02. The van der Waals surface area contributed by atoms with Gasteiger partial charge >= 0.3 is 5.97 Å². The molecule has 0 fully saturated rings. The summed E-state index contributed by atoms with van der Waals surface area (Å²) in [5, 5.41) is 12.0. The zero-order chi connectivity index (χ0) is 17.6. The van der Waals surface area contributed by atoms with E-state index in [2.05, 4.69) is 20.5 Å². The molecule has 2 N–H and O–H groups in total. The largest absolute Gasteiger partial charge is 0.460 e. The third-order valence-electron chi connectivity index (χ3n) is 3.35. The quantitative estimate of drug-likeness (QED) is 0.488. The van der Waals surface area contributed by atoms with Gasteiger partial charge in [-0.05, 0) is 37.6 Å². The van der Waals surface area contributed by atoms with Crippen molar-refractivity contribution < 1.29 is 13.9 Å². The number of para-hydroxylation sites is 1. The van der Waals surface area contributed by atoms with Gasteiger partial charge in [0.1, 0.15) is 5.76 Å². The molecule has 3 aromatic rings. The molecule has 0 bridgehead atoms. The SMILES string of the molecule is CCOC(=O)c1ccc(CSc2nnc(Nc3ccccc3C)[nH]2)o1. The van der Waals surface area contributed by atoms with Gasteiger partial charge in [0.15, 0.2) is 5.16 Å². The molecule has 0 amide bonds. The Labute approximate surface area is 149 Å². The molecule has 0 radical (unpaired) electrons. The van der Waals surface area contributed by atoms with Gasteiger partial charge in [0.05, 0.1) is 12.4 Å². The summed E-state index contributed by atoms with van der Waals surface area (Å²) >= 11 is 1.43. The van der Waals surface area contributed by atoms with Crippen LogP contribution in [0, 0.1) is 6.92 Å². The van der Waals surface area contributed by atoms with E-state index in [9.17, 15) is 4.79 Å². The molecule has 130 valence electrons. The Morgan fingerprint density at radius 1 is 1.28 bits per heavy atom. The normalized spacial score (nSPS) is 10.6. The number of esters is 1. The van der Waals surface area contributed by atoms with E-state index in [0.717, 1.165) is 11.3 Å². The van der Waals surface area contributed by atoms with E-state index in [1.165, 1.54) is 11.8 Å². The minimum atomic E-state index is -0.455. The topological polar surface area (TPSA) is 93.0 Å². The summed E-state index contributed by atoms with van der Waals surface area (Å²) in [5.74, 6) is 1.51. The average Bonchev–Trinajstić information content (AvgIpc) is 3.25. The van der Waals surface area contributed by atoms with Crippen LogP contribution in [0.3, 0.4) is 0 Å². The third-order valence-corrected chi connectivity index (χ3v) is 4.24. The lowest BCUT2D eigenvalue weighted by molar-refractivity contribution is 0.0488. The number of rotatable bonds is 7. The molecule has 1 aromatic carbocycles. The zero-order valence-electron chi connectivity index (χ0n) is 13.9. The van der Waals surface area contributed by atoms with Gasteiger partial charge in [0.2, 0.25) is 11.7 Å². The fourth-order valence-corrected chi connectivity index (χ4v) is 2.82. The second-order valence-corrected chi connectivity index (χ2v) is 6.16. The molecule has 2 aromatic heterocycles. The molecule has 3 rings (SSSR count). The van der Waals surface area contributed by atoms with E-state index >= 15 is 0 Å². The molecular formula is C17H18N4O3S. The summed E-state index contributed by atoms with van der Waals surface area (Å²) < 4.78 is 10.4. The number of anilines is 2. The summed E-state index contributed by atoms with van der Waals surface area (Å²) in [6.45, 7) is 4.09. The number of nitrogens with one attached hydrogen (secondary N) is 2. The summed E-state index contributed by atoms with van der Waals surface area (Å²) in [4.78, 5) is 14.7. The Morgan fingerprint density at radius 3 is 2.92 bits per heavy atom. The first-order valence-corrected chi connectivity index (χ1v) is 8.78. The van der Waals surface area contributed by atoms with Crippen molar-refractivity contribution in [3.05, 3.63) is 53.5 Å². The van der Waals surface area contributed by atoms with Gasteiger partial charge in [-0.1, -0.05) is 30.0 Å². The highest BCUT2D eigenvalue weighted by molar-refractivity contribution is 7.98. The maximum Gasteiger partial charge on any atom is 0.374 e. The van der Waals surface area contributed by atoms with Crippen LogP contribution in [0.5, 0.6) is 0 Å². The molecule has 0 aliphatic heterocycles. The van der Waals surface area contributed by atoms with Crippen molar-refractivity contribution in [1.82, 2.24) is 15.2 Å². The number of H-pyrrole nitrogens is 1. The van der Waals surface area contributed by atoms with E-state index in [0.29, 0.717) is 29.2 Å². The minimum absolute atomic E-state index is 0.205. The maximum absolute atomic E-state index is 11.6. The number of hydrogen-bond acceptors (Lipinski definition) is 7. The predicted molar refractivity (Wildman–Crippen MR) is 95.1 cm³/mol. The number of thioether (sulfide) groups is 1. The molecule has 0 spiro atoms. The number of carbonyl (C=O) groups excluding carboxylic acids is 1. The van der Waals surface area contributed by atoms with Crippen LogP contribution < -0.4 is 5.32 Å². The highest BCUT2D eigenvalue weighted by atomic mass is 32.2. The van der Waals surface area contributed by atoms with Crippen molar-refractivity contribution >= 4 is 29.4 Å². The average molecular weight is 358 g/mol. The standard InChI is InChI=1S/C17H18N4O3S/c1-3-23-15(22)14-9-8-12(24-14)10-25-17-19-16(20-21-17)18-13-7-5-4-6-11(13)2/h4-9H,3,10H2,1-2H3,(H2,18,19,20,21). The predicted octanol–water partition coefficient (Wildman–Crippen LogP) is 3.92. The highest BCUT2D eigenvalue weighted by Crippen LogP contribution is 2.23. The van der Waals surface area contributed by atoms with Crippen molar-refractivity contribution in [2.45, 2.75) is 24.8 Å². The van der Waals surface area contributed by atoms with Crippen LogP contribution in [0.15, 0.2) is 46.0 Å². The molecule has 25 heavy (non-hydrogen) atoms. The van der Waals surface area contributed by atoms with Gasteiger partial charge in [-0.3, -0.25) is 0 Å². The summed E-state index contributed by atoms with van der Waals surface area (Å²) in [7, 11) is 0. The van der Waals surface area contributed by atoms with E-state index < -0.39 is 5.97 Å². The lowest BCUT2D eigenvalue weighted by atomic mass is 10.2. The van der Waals surface area contributed by atoms with Gasteiger partial charge in [0.25, 0.3) is 0 Å². The molecule has 0 aliphatic rings. The van der Waals surface area contributed by atoms with Gasteiger partial charge in [0, 0.05) is 5.69 Å². The molecule has 0 aliphatic carbocycles. The number of nitrogens with zero attached hydrogens (tertiary/aromatic N) is 2. The molecule has 0 saturated heterocycles. The second kappa shape index (κ2) is 7.89. The van der Waals surface area contributed by atoms with Crippen molar-refractivity contribution in [3.63, 3.8) is 0 Å². The fourth-order valence-electron chi connectivity index (χ4n) is 2.12. The first-order valence-electron chi connectivity index (χ1n) is 7.79. The van der Waals surface area contributed by atoms with Crippen molar-refractivity contribution in [2.24, 2.45) is 0 Å². The number of furan rings is 1. The summed E-state index contributed by atoms with van der Waals surface area (Å²) in [5.41, 5.74) is 2.09. The smallest absolute Gasteiger partial charge is 0.374 e. The molecule has 7 nitrogen and oxygen atoms in total. The van der Waals surface area contributed by atoms with Crippen molar-refractivity contribution in [2.75, 3.05) is 11.9 Å². The molecule has 2 heterocycles. The Morgan fingerprint density at radius 2 is 2.12 bits per heavy atom. The summed E-state index contributed by atoms with van der Waals surface area (Å²) in [6, 6.07) is 11.3. The van der Waals surface area contributed by atoms with Crippen LogP contribution >= 0.6 is 11.8 Å². The van der Waals surface area contributed by atoms with Crippen LogP contribution in [0.25, 0.3) is 0 Å². The third kappa shape index (κ3) is 4.42.